The first-order chi connectivity index (χ1) is 9.19. The normalized spacial score (nSPS) is 9.63. The van der Waals surface area contributed by atoms with E-state index in [1.165, 1.54) is 0 Å². The minimum atomic E-state index is -0.321. The first-order valence-corrected chi connectivity index (χ1v) is 5.92. The van der Waals surface area contributed by atoms with Crippen molar-refractivity contribution in [1.29, 1.82) is 5.26 Å². The van der Waals surface area contributed by atoms with Crippen molar-refractivity contribution in [2.45, 2.75) is 6.42 Å². The van der Waals surface area contributed by atoms with E-state index >= 15 is 0 Å². The van der Waals surface area contributed by atoms with Crippen molar-refractivity contribution in [1.82, 2.24) is 9.97 Å². The summed E-state index contributed by atoms with van der Waals surface area (Å²) >= 11 is 4.96. The fraction of sp³-hybridized carbons (Fsp3) is 0.0769. The molecule has 0 saturated heterocycles. The quantitative estimate of drug-likeness (QED) is 0.840. The average molecular weight is 270 g/mol. The molecule has 1 aromatic carbocycles. The van der Waals surface area contributed by atoms with Gasteiger partial charge in [-0.1, -0.05) is 12.1 Å². The van der Waals surface area contributed by atoms with Gasteiger partial charge in [-0.25, -0.2) is 4.98 Å². The highest BCUT2D eigenvalue weighted by atomic mass is 32.1. The molecule has 5 nitrogen and oxygen atoms in total. The molecule has 1 aromatic heterocycles. The fourth-order valence-electron chi connectivity index (χ4n) is 1.55. The van der Waals surface area contributed by atoms with Gasteiger partial charge in [0.1, 0.15) is 6.42 Å². The third-order valence-corrected chi connectivity index (χ3v) is 2.60. The van der Waals surface area contributed by atoms with E-state index in [9.17, 15) is 4.79 Å². The molecule has 2 aromatic rings. The molecule has 1 amide bonds. The van der Waals surface area contributed by atoms with Gasteiger partial charge in [0.2, 0.25) is 5.91 Å². The van der Waals surface area contributed by atoms with Crippen LogP contribution in [0.15, 0.2) is 36.5 Å². The molecule has 0 fully saturated rings. The summed E-state index contributed by atoms with van der Waals surface area (Å²) in [6, 6.07) is 10.8. The lowest BCUT2D eigenvalue weighted by Gasteiger charge is -2.05. The zero-order valence-corrected chi connectivity index (χ0v) is 10.7. The second-order valence-electron chi connectivity index (χ2n) is 3.75. The van der Waals surface area contributed by atoms with E-state index in [1.54, 1.807) is 24.4 Å². The molecular formula is C13H10N4OS. The highest BCUT2D eigenvalue weighted by Crippen LogP contribution is 2.18. The van der Waals surface area contributed by atoms with Crippen molar-refractivity contribution in [2.24, 2.45) is 0 Å². The maximum atomic E-state index is 11.3. The number of hydrogen-bond donors (Lipinski definition) is 2. The molecule has 6 heteroatoms. The summed E-state index contributed by atoms with van der Waals surface area (Å²) in [5.74, 6) is -0.321. The van der Waals surface area contributed by atoms with Crippen LogP contribution in [0.1, 0.15) is 6.42 Å². The van der Waals surface area contributed by atoms with Gasteiger partial charge in [-0.15, -0.1) is 0 Å². The Hall–Kier alpha value is -2.52. The van der Waals surface area contributed by atoms with Crippen molar-refractivity contribution in [3.8, 4) is 17.3 Å². The van der Waals surface area contributed by atoms with Crippen molar-refractivity contribution in [3.63, 3.8) is 0 Å². The summed E-state index contributed by atoms with van der Waals surface area (Å²) in [5.41, 5.74) is 2.44. The van der Waals surface area contributed by atoms with Crippen LogP contribution in [-0.4, -0.2) is 15.9 Å². The number of nitrogens with zero attached hydrogens (tertiary/aromatic N) is 2. The standard InChI is InChI=1S/C13H10N4OS/c14-7-5-12(18)16-10-3-1-9(2-4-10)11-6-8-15-13(19)17-11/h1-4,6,8H,5H2,(H,16,18)(H,15,17,19). The van der Waals surface area contributed by atoms with Crippen LogP contribution in [-0.2, 0) is 4.79 Å². The van der Waals surface area contributed by atoms with E-state index < -0.39 is 0 Å². The number of nitriles is 1. The van der Waals surface area contributed by atoms with Gasteiger partial charge in [-0.05, 0) is 36.0 Å². The van der Waals surface area contributed by atoms with Crippen molar-refractivity contribution in [3.05, 3.63) is 41.3 Å². The lowest BCUT2D eigenvalue weighted by Crippen LogP contribution is -2.09. The third kappa shape index (κ3) is 3.47. The fourth-order valence-corrected chi connectivity index (χ4v) is 1.72. The number of aromatic nitrogens is 2. The number of benzene rings is 1. The summed E-state index contributed by atoms with van der Waals surface area (Å²) < 4.78 is 0.420. The molecular weight excluding hydrogens is 260 g/mol. The number of carbonyl (C=O) groups is 1. The summed E-state index contributed by atoms with van der Waals surface area (Å²) in [6.45, 7) is 0. The van der Waals surface area contributed by atoms with E-state index in [0.29, 0.717) is 10.5 Å². The highest BCUT2D eigenvalue weighted by molar-refractivity contribution is 7.71. The first kappa shape index (κ1) is 12.9. The van der Waals surface area contributed by atoms with Gasteiger partial charge in [0.05, 0.1) is 6.07 Å². The van der Waals surface area contributed by atoms with Crippen LogP contribution >= 0.6 is 12.2 Å². The molecule has 0 unspecified atom stereocenters. The lowest BCUT2D eigenvalue weighted by atomic mass is 10.1. The smallest absolute Gasteiger partial charge is 0.238 e. The van der Waals surface area contributed by atoms with Crippen LogP contribution in [0.25, 0.3) is 11.3 Å². The topological polar surface area (TPSA) is 81.6 Å². The van der Waals surface area contributed by atoms with Gasteiger partial charge in [0.25, 0.3) is 0 Å². The van der Waals surface area contributed by atoms with Crippen molar-refractivity contribution in [2.75, 3.05) is 5.32 Å². The minimum absolute atomic E-state index is 0.154. The van der Waals surface area contributed by atoms with E-state index in [-0.39, 0.29) is 12.3 Å². The molecule has 2 rings (SSSR count). The number of amides is 1. The molecule has 1 heterocycles. The minimum Gasteiger partial charge on any atom is -0.330 e. The van der Waals surface area contributed by atoms with Crippen LogP contribution in [0.4, 0.5) is 5.69 Å². The van der Waals surface area contributed by atoms with Crippen LogP contribution in [0.2, 0.25) is 0 Å². The molecule has 19 heavy (non-hydrogen) atoms. The molecule has 2 N–H and O–H groups in total. The Kier molecular flexibility index (Phi) is 4.00. The zero-order chi connectivity index (χ0) is 13.7. The van der Waals surface area contributed by atoms with Gasteiger partial charge in [-0.3, -0.25) is 4.79 Å². The first-order valence-electron chi connectivity index (χ1n) is 5.51. The number of anilines is 1. The Balaban J connectivity index is 2.17. The average Bonchev–Trinajstić information content (AvgIpc) is 2.40. The summed E-state index contributed by atoms with van der Waals surface area (Å²) in [5, 5.41) is 11.0. The number of H-pyrrole nitrogens is 1. The van der Waals surface area contributed by atoms with E-state index in [0.717, 1.165) is 11.3 Å². The van der Waals surface area contributed by atoms with Crippen LogP contribution < -0.4 is 5.32 Å². The molecule has 0 bridgehead atoms. The Morgan fingerprint density at radius 3 is 2.74 bits per heavy atom. The molecule has 0 atom stereocenters. The van der Waals surface area contributed by atoms with E-state index in [1.807, 2.05) is 18.2 Å². The van der Waals surface area contributed by atoms with Crippen LogP contribution in [0, 0.1) is 16.1 Å². The van der Waals surface area contributed by atoms with Gasteiger partial charge in [-0.2, -0.15) is 5.26 Å². The highest BCUT2D eigenvalue weighted by Gasteiger charge is 2.02. The maximum Gasteiger partial charge on any atom is 0.238 e. The molecule has 0 spiro atoms. The second kappa shape index (κ2) is 5.89. The number of carbonyl (C=O) groups excluding carboxylic acids is 1. The van der Waals surface area contributed by atoms with Gasteiger partial charge in [0.15, 0.2) is 4.77 Å². The van der Waals surface area contributed by atoms with Gasteiger partial charge < -0.3 is 10.3 Å². The third-order valence-electron chi connectivity index (χ3n) is 2.39. The number of nitrogens with one attached hydrogen (secondary N) is 2. The lowest BCUT2D eigenvalue weighted by molar-refractivity contribution is -0.115. The molecule has 0 aliphatic heterocycles. The number of hydrogen-bond acceptors (Lipinski definition) is 4. The second-order valence-corrected chi connectivity index (χ2v) is 4.14. The summed E-state index contributed by atoms with van der Waals surface area (Å²) in [4.78, 5) is 18.1. The van der Waals surface area contributed by atoms with Gasteiger partial charge >= 0.3 is 0 Å². The van der Waals surface area contributed by atoms with Crippen molar-refractivity contribution >= 4 is 23.8 Å². The monoisotopic (exact) mass is 270 g/mol. The van der Waals surface area contributed by atoms with E-state index in [4.69, 9.17) is 17.5 Å². The Labute approximate surface area is 114 Å². The molecule has 94 valence electrons. The summed E-state index contributed by atoms with van der Waals surface area (Å²) in [7, 11) is 0. The SMILES string of the molecule is N#CCC(=O)Nc1ccc(-c2ccnc(=S)[nH]2)cc1. The zero-order valence-electron chi connectivity index (χ0n) is 9.88. The Morgan fingerprint density at radius 2 is 2.11 bits per heavy atom. The maximum absolute atomic E-state index is 11.3. The molecule has 0 radical (unpaired) electrons. The Morgan fingerprint density at radius 1 is 1.37 bits per heavy atom. The van der Waals surface area contributed by atoms with E-state index in [2.05, 4.69) is 15.3 Å². The van der Waals surface area contributed by atoms with Gasteiger partial charge in [0, 0.05) is 17.6 Å². The summed E-state index contributed by atoms with van der Waals surface area (Å²) in [6.07, 6.45) is 1.48. The predicted octanol–water partition coefficient (Wildman–Crippen LogP) is 2.66. The molecule has 0 aliphatic rings. The van der Waals surface area contributed by atoms with Crippen LogP contribution in [0.5, 0.6) is 0 Å². The predicted molar refractivity (Wildman–Crippen MR) is 73.7 cm³/mol. The van der Waals surface area contributed by atoms with Crippen molar-refractivity contribution < 1.29 is 4.79 Å². The van der Waals surface area contributed by atoms with Crippen LogP contribution in [0.3, 0.4) is 0 Å². The number of rotatable bonds is 3. The number of aromatic amines is 1. The Bertz CT molecular complexity index is 685. The molecule has 0 aliphatic carbocycles. The molecule has 0 saturated carbocycles. The largest absolute Gasteiger partial charge is 0.330 e.